The van der Waals surface area contributed by atoms with E-state index in [4.69, 9.17) is 4.74 Å². The number of hydrogen-bond donors (Lipinski definition) is 2. The lowest BCUT2D eigenvalue weighted by Gasteiger charge is -2.36. The summed E-state index contributed by atoms with van der Waals surface area (Å²) in [7, 11) is 1.62. The Balaban J connectivity index is 0.00000124. The fraction of sp³-hybridized carbons (Fsp3) is 0.304. The third kappa shape index (κ3) is 4.52. The van der Waals surface area contributed by atoms with Crippen molar-refractivity contribution in [1.29, 1.82) is 0 Å². The van der Waals surface area contributed by atoms with E-state index in [0.29, 0.717) is 30.8 Å². The van der Waals surface area contributed by atoms with E-state index in [2.05, 4.69) is 14.9 Å². The molecule has 6 nitrogen and oxygen atoms in total. The summed E-state index contributed by atoms with van der Waals surface area (Å²) in [5.41, 5.74) is 2.12. The molecule has 0 fully saturated rings. The van der Waals surface area contributed by atoms with Crippen molar-refractivity contribution in [2.24, 2.45) is 0 Å². The molecule has 0 aliphatic carbocycles. The number of aromatic nitrogens is 2. The Morgan fingerprint density at radius 1 is 1.03 bits per heavy atom. The molecular formula is C23H26FN3O3. The molecule has 0 spiro atoms. The highest BCUT2D eigenvalue weighted by atomic mass is 19.1. The Morgan fingerprint density at radius 3 is 2.33 bits per heavy atom. The first-order chi connectivity index (χ1) is 14.5. The van der Waals surface area contributed by atoms with Crippen molar-refractivity contribution in [2.45, 2.75) is 32.9 Å². The molecule has 2 N–H and O–H groups in total. The Bertz CT molecular complexity index is 1090. The van der Waals surface area contributed by atoms with Gasteiger partial charge in [0, 0.05) is 24.3 Å². The number of H-pyrrole nitrogens is 2. The minimum Gasteiger partial charge on any atom is -0.497 e. The quantitative estimate of drug-likeness (QED) is 0.690. The van der Waals surface area contributed by atoms with Gasteiger partial charge in [-0.15, -0.1) is 0 Å². The second-order valence-corrected chi connectivity index (χ2v) is 6.82. The monoisotopic (exact) mass is 411 g/mol. The van der Waals surface area contributed by atoms with Gasteiger partial charge >= 0.3 is 5.69 Å². The second kappa shape index (κ2) is 9.54. The Kier molecular flexibility index (Phi) is 6.84. The predicted octanol–water partition coefficient (Wildman–Crippen LogP) is 3.38. The van der Waals surface area contributed by atoms with Gasteiger partial charge in [-0.05, 0) is 41.8 Å². The maximum Gasteiger partial charge on any atom is 0.325 e. The minimum absolute atomic E-state index is 0.333. The smallest absolute Gasteiger partial charge is 0.325 e. The molecule has 1 unspecified atom stereocenters. The number of ether oxygens (including phenoxy) is 1. The van der Waals surface area contributed by atoms with Crippen molar-refractivity contribution in [2.75, 3.05) is 13.7 Å². The molecule has 158 valence electrons. The summed E-state index contributed by atoms with van der Waals surface area (Å²) in [6.07, 6.45) is 0.523. The van der Waals surface area contributed by atoms with Crippen molar-refractivity contribution in [3.63, 3.8) is 0 Å². The minimum atomic E-state index is -0.540. The Labute approximate surface area is 174 Å². The topological polar surface area (TPSA) is 78.2 Å². The number of halogens is 1. The molecule has 0 bridgehead atoms. The average Bonchev–Trinajstić information content (AvgIpc) is 2.76. The Hall–Kier alpha value is -3.19. The largest absolute Gasteiger partial charge is 0.497 e. The lowest BCUT2D eigenvalue weighted by molar-refractivity contribution is 0.198. The molecular weight excluding hydrogens is 385 g/mol. The van der Waals surface area contributed by atoms with Gasteiger partial charge in [-0.2, -0.15) is 0 Å². The zero-order valence-electron chi connectivity index (χ0n) is 17.4. The number of benzene rings is 2. The number of rotatable bonds is 4. The number of hydrogen-bond acceptors (Lipinski definition) is 4. The zero-order valence-corrected chi connectivity index (χ0v) is 17.4. The molecule has 0 saturated carbocycles. The van der Waals surface area contributed by atoms with Gasteiger partial charge in [0.1, 0.15) is 11.6 Å². The second-order valence-electron chi connectivity index (χ2n) is 6.82. The molecule has 2 heterocycles. The maximum atomic E-state index is 13.5. The van der Waals surface area contributed by atoms with Crippen LogP contribution in [0.25, 0.3) is 0 Å². The van der Waals surface area contributed by atoms with Crippen LogP contribution in [-0.4, -0.2) is 28.5 Å². The summed E-state index contributed by atoms with van der Waals surface area (Å²) in [4.78, 5) is 31.5. The van der Waals surface area contributed by atoms with Crippen molar-refractivity contribution >= 4 is 0 Å². The van der Waals surface area contributed by atoms with Crippen molar-refractivity contribution in [3.8, 4) is 5.75 Å². The molecule has 0 saturated heterocycles. The van der Waals surface area contributed by atoms with Crippen LogP contribution in [0.2, 0.25) is 0 Å². The first-order valence-corrected chi connectivity index (χ1v) is 10.0. The molecule has 0 radical (unpaired) electrons. The van der Waals surface area contributed by atoms with Crippen LogP contribution in [0.15, 0.2) is 58.1 Å². The Morgan fingerprint density at radius 2 is 1.70 bits per heavy atom. The normalized spacial score (nSPS) is 15.7. The van der Waals surface area contributed by atoms with Crippen LogP contribution in [0.1, 0.15) is 42.3 Å². The first kappa shape index (κ1) is 21.5. The van der Waals surface area contributed by atoms with Gasteiger partial charge in [0.15, 0.2) is 0 Å². The third-order valence-electron chi connectivity index (χ3n) is 5.09. The molecule has 1 aliphatic rings. The SMILES string of the molecule is CC.COc1ccc(CN2CCc3c([nH]c(=O)[nH]c3=O)C2c2ccc(F)cc2)cc1. The molecule has 1 atom stereocenters. The first-order valence-electron chi connectivity index (χ1n) is 10.0. The van der Waals surface area contributed by atoms with Gasteiger partial charge in [0.05, 0.1) is 13.2 Å². The molecule has 4 rings (SSSR count). The van der Waals surface area contributed by atoms with Crippen LogP contribution in [0.3, 0.4) is 0 Å². The van der Waals surface area contributed by atoms with E-state index in [1.165, 1.54) is 12.1 Å². The number of nitrogens with zero attached hydrogens (tertiary/aromatic N) is 1. The summed E-state index contributed by atoms with van der Waals surface area (Å²) in [6, 6.07) is 13.6. The fourth-order valence-corrected chi connectivity index (χ4v) is 3.74. The van der Waals surface area contributed by atoms with Crippen LogP contribution < -0.4 is 16.0 Å². The maximum absolute atomic E-state index is 13.5. The van der Waals surface area contributed by atoms with Gasteiger partial charge in [-0.25, -0.2) is 9.18 Å². The van der Waals surface area contributed by atoms with E-state index in [-0.39, 0.29) is 17.4 Å². The fourth-order valence-electron chi connectivity index (χ4n) is 3.74. The van der Waals surface area contributed by atoms with E-state index < -0.39 is 5.69 Å². The molecule has 1 aromatic heterocycles. The van der Waals surface area contributed by atoms with Gasteiger partial charge < -0.3 is 9.72 Å². The lowest BCUT2D eigenvalue weighted by Crippen LogP contribution is -2.41. The highest BCUT2D eigenvalue weighted by Crippen LogP contribution is 2.33. The standard InChI is InChI=1S/C21H20FN3O3.C2H6/c1-28-16-8-2-13(3-9-16)12-25-11-10-17-18(23-21(27)24-20(17)26)19(25)14-4-6-15(22)7-5-14;1-2/h2-9,19H,10-12H2,1H3,(H2,23,24,26,27);1-2H3. The van der Waals surface area contributed by atoms with E-state index >= 15 is 0 Å². The van der Waals surface area contributed by atoms with Crippen molar-refractivity contribution in [3.05, 3.63) is 97.6 Å². The van der Waals surface area contributed by atoms with Gasteiger partial charge in [0.2, 0.25) is 0 Å². The number of methoxy groups -OCH3 is 1. The van der Waals surface area contributed by atoms with Crippen LogP contribution in [0, 0.1) is 5.82 Å². The molecule has 30 heavy (non-hydrogen) atoms. The van der Waals surface area contributed by atoms with E-state index in [1.807, 2.05) is 38.1 Å². The summed E-state index contributed by atoms with van der Waals surface area (Å²) in [5, 5.41) is 0. The number of nitrogens with one attached hydrogen (secondary N) is 2. The summed E-state index contributed by atoms with van der Waals surface area (Å²) < 4.78 is 18.7. The summed E-state index contributed by atoms with van der Waals surface area (Å²) in [6.45, 7) is 5.25. The van der Waals surface area contributed by atoms with E-state index in [0.717, 1.165) is 16.9 Å². The van der Waals surface area contributed by atoms with E-state index in [1.54, 1.807) is 19.2 Å². The van der Waals surface area contributed by atoms with Gasteiger partial charge in [-0.1, -0.05) is 38.1 Å². The van der Waals surface area contributed by atoms with Crippen LogP contribution >= 0.6 is 0 Å². The van der Waals surface area contributed by atoms with Crippen LogP contribution in [0.4, 0.5) is 4.39 Å². The van der Waals surface area contributed by atoms with Crippen molar-refractivity contribution < 1.29 is 9.13 Å². The van der Waals surface area contributed by atoms with E-state index in [9.17, 15) is 14.0 Å². The van der Waals surface area contributed by atoms with Gasteiger partial charge in [0.25, 0.3) is 5.56 Å². The molecule has 7 heteroatoms. The molecule has 0 amide bonds. The average molecular weight is 411 g/mol. The molecule has 2 aromatic carbocycles. The highest BCUT2D eigenvalue weighted by Gasteiger charge is 2.31. The predicted molar refractivity (Wildman–Crippen MR) is 114 cm³/mol. The summed E-state index contributed by atoms with van der Waals surface area (Å²) in [5.74, 6) is 0.444. The number of fused-ring (bicyclic) bond motifs is 1. The molecule has 1 aliphatic heterocycles. The number of aromatic amines is 2. The van der Waals surface area contributed by atoms with Crippen LogP contribution in [0.5, 0.6) is 5.75 Å². The third-order valence-corrected chi connectivity index (χ3v) is 5.09. The zero-order chi connectivity index (χ0) is 21.7. The van der Waals surface area contributed by atoms with Crippen molar-refractivity contribution in [1.82, 2.24) is 14.9 Å². The van der Waals surface area contributed by atoms with Gasteiger partial charge in [-0.3, -0.25) is 14.7 Å². The lowest BCUT2D eigenvalue weighted by atomic mass is 9.92. The van der Waals surface area contributed by atoms with Crippen LogP contribution in [-0.2, 0) is 13.0 Å². The highest BCUT2D eigenvalue weighted by molar-refractivity contribution is 5.35. The molecule has 3 aromatic rings. The summed E-state index contributed by atoms with van der Waals surface area (Å²) >= 11 is 0.